The van der Waals surface area contributed by atoms with E-state index in [2.05, 4.69) is 11.2 Å². The highest BCUT2D eigenvalue weighted by atomic mass is 16.2. The van der Waals surface area contributed by atoms with Gasteiger partial charge in [0.25, 0.3) is 0 Å². The van der Waals surface area contributed by atoms with Crippen molar-refractivity contribution in [2.45, 2.75) is 45.2 Å². The van der Waals surface area contributed by atoms with Gasteiger partial charge in [-0.1, -0.05) is 6.92 Å². The number of carbonyl (C=O) groups is 2. The van der Waals surface area contributed by atoms with Crippen molar-refractivity contribution >= 4 is 11.8 Å². The molecular formula is C12H18N2O2. The van der Waals surface area contributed by atoms with Crippen molar-refractivity contribution in [1.29, 1.82) is 0 Å². The first-order valence-corrected chi connectivity index (χ1v) is 5.63. The topological polar surface area (TPSA) is 49.4 Å². The Morgan fingerprint density at radius 3 is 2.88 bits per heavy atom. The van der Waals surface area contributed by atoms with Crippen molar-refractivity contribution in [3.63, 3.8) is 0 Å². The number of terminal acetylenes is 1. The van der Waals surface area contributed by atoms with Crippen LogP contribution in [0.3, 0.4) is 0 Å². The molecule has 16 heavy (non-hydrogen) atoms. The molecule has 2 unspecified atom stereocenters. The Kier molecular flexibility index (Phi) is 4.36. The molecule has 0 aromatic heterocycles. The first-order chi connectivity index (χ1) is 7.60. The van der Waals surface area contributed by atoms with E-state index in [1.54, 1.807) is 4.90 Å². The minimum absolute atomic E-state index is 0.000694. The molecule has 2 amide bonds. The van der Waals surface area contributed by atoms with Crippen molar-refractivity contribution in [3.8, 4) is 12.3 Å². The lowest BCUT2D eigenvalue weighted by atomic mass is 10.1. The zero-order valence-corrected chi connectivity index (χ0v) is 9.82. The number of carbonyl (C=O) groups excluding carboxylic acids is 2. The van der Waals surface area contributed by atoms with Crippen LogP contribution in [0.2, 0.25) is 0 Å². The zero-order chi connectivity index (χ0) is 12.1. The molecule has 1 saturated heterocycles. The van der Waals surface area contributed by atoms with E-state index >= 15 is 0 Å². The number of hydrogen-bond acceptors (Lipinski definition) is 2. The molecule has 88 valence electrons. The second kappa shape index (κ2) is 5.55. The summed E-state index contributed by atoms with van der Waals surface area (Å²) in [5, 5.41) is 2.72. The maximum Gasteiger partial charge on any atom is 0.245 e. The monoisotopic (exact) mass is 222 g/mol. The molecule has 1 rings (SSSR count). The summed E-state index contributed by atoms with van der Waals surface area (Å²) in [6.45, 7) is 4.27. The van der Waals surface area contributed by atoms with Gasteiger partial charge in [0.15, 0.2) is 0 Å². The second-order valence-electron chi connectivity index (χ2n) is 4.07. The molecule has 0 aromatic carbocycles. The predicted molar refractivity (Wildman–Crippen MR) is 61.5 cm³/mol. The Hall–Kier alpha value is -1.50. The van der Waals surface area contributed by atoms with E-state index in [-0.39, 0.29) is 17.9 Å². The molecule has 0 aromatic rings. The third-order valence-corrected chi connectivity index (χ3v) is 2.85. The van der Waals surface area contributed by atoms with Crippen LogP contribution in [0.4, 0.5) is 0 Å². The second-order valence-corrected chi connectivity index (χ2v) is 4.07. The van der Waals surface area contributed by atoms with E-state index in [0.29, 0.717) is 25.8 Å². The average molecular weight is 222 g/mol. The van der Waals surface area contributed by atoms with E-state index in [1.807, 2.05) is 13.8 Å². The van der Waals surface area contributed by atoms with E-state index in [1.165, 1.54) is 0 Å². The molecule has 1 N–H and O–H groups in total. The predicted octanol–water partition coefficient (Wildman–Crippen LogP) is 0.525. The molecule has 2 atom stereocenters. The van der Waals surface area contributed by atoms with Gasteiger partial charge in [0.1, 0.15) is 6.04 Å². The molecule has 0 bridgehead atoms. The Labute approximate surface area is 96.4 Å². The van der Waals surface area contributed by atoms with Crippen molar-refractivity contribution in [2.75, 3.05) is 6.54 Å². The molecular weight excluding hydrogens is 204 g/mol. The Morgan fingerprint density at radius 1 is 1.62 bits per heavy atom. The van der Waals surface area contributed by atoms with Gasteiger partial charge in [-0.25, -0.2) is 0 Å². The van der Waals surface area contributed by atoms with Gasteiger partial charge in [-0.15, -0.1) is 12.3 Å². The quantitative estimate of drug-likeness (QED) is 0.708. The van der Waals surface area contributed by atoms with Crippen LogP contribution >= 0.6 is 0 Å². The third-order valence-electron chi connectivity index (χ3n) is 2.85. The van der Waals surface area contributed by atoms with Crippen LogP contribution in [-0.2, 0) is 9.59 Å². The molecule has 0 aliphatic carbocycles. The summed E-state index contributed by atoms with van der Waals surface area (Å²) in [5.74, 6) is 2.47. The summed E-state index contributed by atoms with van der Waals surface area (Å²) >= 11 is 0. The van der Waals surface area contributed by atoms with Crippen LogP contribution in [0.25, 0.3) is 0 Å². The lowest BCUT2D eigenvalue weighted by molar-refractivity contribution is -0.135. The minimum Gasteiger partial charge on any atom is -0.344 e. The van der Waals surface area contributed by atoms with Crippen LogP contribution in [0.15, 0.2) is 0 Å². The normalized spacial score (nSPS) is 23.3. The average Bonchev–Trinajstić information content (AvgIpc) is 2.39. The summed E-state index contributed by atoms with van der Waals surface area (Å²) in [6, 6.07) is -0.394. The highest BCUT2D eigenvalue weighted by Gasteiger charge is 2.30. The highest BCUT2D eigenvalue weighted by Crippen LogP contribution is 2.12. The van der Waals surface area contributed by atoms with E-state index in [0.717, 1.165) is 0 Å². The first-order valence-electron chi connectivity index (χ1n) is 5.63. The molecule has 1 fully saturated rings. The fourth-order valence-electron chi connectivity index (χ4n) is 1.86. The summed E-state index contributed by atoms with van der Waals surface area (Å²) < 4.78 is 0. The van der Waals surface area contributed by atoms with Crippen LogP contribution < -0.4 is 5.32 Å². The highest BCUT2D eigenvalue weighted by molar-refractivity contribution is 5.90. The fraction of sp³-hybridized carbons (Fsp3) is 0.667. The molecule has 0 spiro atoms. The van der Waals surface area contributed by atoms with Gasteiger partial charge in [0.2, 0.25) is 11.8 Å². The number of rotatable bonds is 3. The van der Waals surface area contributed by atoms with Gasteiger partial charge in [-0.3, -0.25) is 9.59 Å². The molecule has 4 heteroatoms. The molecule has 0 saturated carbocycles. The SMILES string of the molecule is C#CCC(C)N1CCC(=O)NC(CC)C1=O. The Bertz CT molecular complexity index is 319. The first kappa shape index (κ1) is 12.6. The zero-order valence-electron chi connectivity index (χ0n) is 9.82. The van der Waals surface area contributed by atoms with Gasteiger partial charge in [-0.2, -0.15) is 0 Å². The van der Waals surface area contributed by atoms with Gasteiger partial charge in [0, 0.05) is 25.4 Å². The maximum absolute atomic E-state index is 12.1. The number of hydrogen-bond donors (Lipinski definition) is 1. The van der Waals surface area contributed by atoms with Crippen molar-refractivity contribution in [3.05, 3.63) is 0 Å². The number of amides is 2. The van der Waals surface area contributed by atoms with Crippen LogP contribution in [0.5, 0.6) is 0 Å². The fourth-order valence-corrected chi connectivity index (χ4v) is 1.86. The van der Waals surface area contributed by atoms with Crippen molar-refractivity contribution in [1.82, 2.24) is 10.2 Å². The number of nitrogens with one attached hydrogen (secondary N) is 1. The van der Waals surface area contributed by atoms with Crippen LogP contribution in [0.1, 0.15) is 33.1 Å². The summed E-state index contributed by atoms with van der Waals surface area (Å²) in [4.78, 5) is 25.2. The largest absolute Gasteiger partial charge is 0.344 e. The van der Waals surface area contributed by atoms with Crippen LogP contribution in [0, 0.1) is 12.3 Å². The van der Waals surface area contributed by atoms with Gasteiger partial charge in [0.05, 0.1) is 0 Å². The molecule has 1 aliphatic rings. The molecule has 1 aliphatic heterocycles. The standard InChI is InChI=1S/C12H18N2O2/c1-4-6-9(3)14-8-7-11(15)13-10(5-2)12(14)16/h1,9-10H,5-8H2,2-3H3,(H,13,15). The van der Waals surface area contributed by atoms with E-state index in [4.69, 9.17) is 6.42 Å². The molecule has 4 nitrogen and oxygen atoms in total. The lowest BCUT2D eigenvalue weighted by Gasteiger charge is -2.28. The maximum atomic E-state index is 12.1. The van der Waals surface area contributed by atoms with Gasteiger partial charge in [-0.05, 0) is 13.3 Å². The molecule has 1 heterocycles. The third kappa shape index (κ3) is 2.75. The Morgan fingerprint density at radius 2 is 2.31 bits per heavy atom. The Balaban J connectivity index is 2.80. The minimum atomic E-state index is -0.393. The number of nitrogens with zero attached hydrogens (tertiary/aromatic N) is 1. The van der Waals surface area contributed by atoms with Gasteiger partial charge < -0.3 is 10.2 Å². The van der Waals surface area contributed by atoms with Crippen molar-refractivity contribution < 1.29 is 9.59 Å². The lowest BCUT2D eigenvalue weighted by Crippen LogP contribution is -2.47. The molecule has 0 radical (unpaired) electrons. The summed E-state index contributed by atoms with van der Waals surface area (Å²) in [5.41, 5.74) is 0. The summed E-state index contributed by atoms with van der Waals surface area (Å²) in [6.07, 6.45) is 6.74. The van der Waals surface area contributed by atoms with E-state index in [9.17, 15) is 9.59 Å². The summed E-state index contributed by atoms with van der Waals surface area (Å²) in [7, 11) is 0. The smallest absolute Gasteiger partial charge is 0.245 e. The van der Waals surface area contributed by atoms with Gasteiger partial charge >= 0.3 is 0 Å². The van der Waals surface area contributed by atoms with E-state index < -0.39 is 6.04 Å². The van der Waals surface area contributed by atoms with Crippen molar-refractivity contribution in [2.24, 2.45) is 0 Å². The van der Waals surface area contributed by atoms with Crippen LogP contribution in [-0.4, -0.2) is 35.3 Å².